The van der Waals surface area contributed by atoms with E-state index in [1.54, 1.807) is 11.3 Å². The van der Waals surface area contributed by atoms with Crippen molar-refractivity contribution in [2.45, 2.75) is 51.7 Å². The lowest BCUT2D eigenvalue weighted by molar-refractivity contribution is 0.0245. The molecule has 0 aromatic carbocycles. The average molecular weight is 253 g/mol. The van der Waals surface area contributed by atoms with E-state index in [4.69, 9.17) is 0 Å². The van der Waals surface area contributed by atoms with E-state index in [0.29, 0.717) is 0 Å². The van der Waals surface area contributed by atoms with Gasteiger partial charge < -0.3 is 5.32 Å². The Labute approximate surface area is 108 Å². The monoisotopic (exact) mass is 253 g/mol. The number of thiazole rings is 1. The third kappa shape index (κ3) is 2.87. The van der Waals surface area contributed by atoms with Gasteiger partial charge in [-0.25, -0.2) is 4.98 Å². The van der Waals surface area contributed by atoms with Gasteiger partial charge in [-0.15, -0.1) is 11.3 Å². The van der Waals surface area contributed by atoms with E-state index in [1.165, 1.54) is 5.01 Å². The molecule has 1 unspecified atom stereocenters. The Morgan fingerprint density at radius 2 is 2.24 bits per heavy atom. The molecule has 1 aliphatic rings. The van der Waals surface area contributed by atoms with Crippen molar-refractivity contribution in [3.8, 4) is 0 Å². The first kappa shape index (κ1) is 13.0. The normalized spacial score (nSPS) is 29.4. The highest BCUT2D eigenvalue weighted by Crippen LogP contribution is 2.27. The van der Waals surface area contributed by atoms with Crippen LogP contribution in [0.25, 0.3) is 0 Å². The van der Waals surface area contributed by atoms with Crippen molar-refractivity contribution >= 4 is 11.3 Å². The molecule has 3 nitrogen and oxygen atoms in total. The number of piperazine rings is 1. The molecule has 0 aliphatic carbocycles. The van der Waals surface area contributed by atoms with Crippen LogP contribution in [0, 0.1) is 0 Å². The highest BCUT2D eigenvalue weighted by molar-refractivity contribution is 7.09. The first-order chi connectivity index (χ1) is 7.95. The van der Waals surface area contributed by atoms with Gasteiger partial charge in [-0.2, -0.15) is 0 Å². The van der Waals surface area contributed by atoms with Crippen LogP contribution in [0.1, 0.15) is 39.1 Å². The Hall–Kier alpha value is -0.450. The quantitative estimate of drug-likeness (QED) is 0.897. The second kappa shape index (κ2) is 4.67. The number of nitrogens with zero attached hydrogens (tertiary/aromatic N) is 2. The Kier molecular flexibility index (Phi) is 3.57. The Bertz CT molecular complexity index is 361. The maximum absolute atomic E-state index is 4.41. The SMILES string of the molecule is CCC1(C)CN(Cc2nccs2)C(C)(C)CN1. The molecule has 0 saturated carbocycles. The molecule has 1 N–H and O–H groups in total. The van der Waals surface area contributed by atoms with Gasteiger partial charge >= 0.3 is 0 Å². The fourth-order valence-corrected chi connectivity index (χ4v) is 2.86. The van der Waals surface area contributed by atoms with Crippen LogP contribution in [-0.4, -0.2) is 34.1 Å². The van der Waals surface area contributed by atoms with Crippen molar-refractivity contribution in [1.82, 2.24) is 15.2 Å². The molecule has 1 fully saturated rings. The Morgan fingerprint density at radius 3 is 2.82 bits per heavy atom. The molecule has 4 heteroatoms. The van der Waals surface area contributed by atoms with Gasteiger partial charge in [0.15, 0.2) is 0 Å². The highest BCUT2D eigenvalue weighted by atomic mass is 32.1. The van der Waals surface area contributed by atoms with Crippen LogP contribution in [0.4, 0.5) is 0 Å². The summed E-state index contributed by atoms with van der Waals surface area (Å²) in [6.45, 7) is 12.3. The molecule has 0 bridgehead atoms. The number of hydrogen-bond donors (Lipinski definition) is 1. The minimum atomic E-state index is 0.209. The van der Waals surface area contributed by atoms with Crippen LogP contribution in [-0.2, 0) is 6.54 Å². The number of hydrogen-bond acceptors (Lipinski definition) is 4. The van der Waals surface area contributed by atoms with Gasteiger partial charge in [0.1, 0.15) is 5.01 Å². The van der Waals surface area contributed by atoms with Crippen LogP contribution in [0.15, 0.2) is 11.6 Å². The van der Waals surface area contributed by atoms with Gasteiger partial charge in [-0.05, 0) is 27.2 Å². The molecule has 17 heavy (non-hydrogen) atoms. The van der Waals surface area contributed by atoms with E-state index in [2.05, 4.69) is 48.3 Å². The van der Waals surface area contributed by atoms with E-state index in [1.807, 2.05) is 6.20 Å². The lowest BCUT2D eigenvalue weighted by Crippen LogP contribution is -2.66. The minimum absolute atomic E-state index is 0.209. The van der Waals surface area contributed by atoms with E-state index in [0.717, 1.165) is 26.1 Å². The van der Waals surface area contributed by atoms with Crippen LogP contribution in [0.3, 0.4) is 0 Å². The summed E-state index contributed by atoms with van der Waals surface area (Å²) < 4.78 is 0. The average Bonchev–Trinajstić information content (AvgIpc) is 2.77. The first-order valence-electron chi connectivity index (χ1n) is 6.34. The van der Waals surface area contributed by atoms with Crippen LogP contribution >= 0.6 is 11.3 Å². The fourth-order valence-electron chi connectivity index (χ4n) is 2.23. The molecule has 2 rings (SSSR count). The Balaban J connectivity index is 2.11. The number of rotatable bonds is 3. The van der Waals surface area contributed by atoms with Gasteiger partial charge in [0.2, 0.25) is 0 Å². The molecule has 1 aromatic rings. The summed E-state index contributed by atoms with van der Waals surface area (Å²) in [7, 11) is 0. The molecule has 1 atom stereocenters. The fraction of sp³-hybridized carbons (Fsp3) is 0.769. The molecule has 0 spiro atoms. The van der Waals surface area contributed by atoms with Crippen LogP contribution in [0.2, 0.25) is 0 Å². The third-order valence-electron chi connectivity index (χ3n) is 3.93. The molecule has 0 amide bonds. The smallest absolute Gasteiger partial charge is 0.107 e. The van der Waals surface area contributed by atoms with E-state index < -0.39 is 0 Å². The molecule has 1 aromatic heterocycles. The summed E-state index contributed by atoms with van der Waals surface area (Å²) in [6, 6.07) is 0. The molecule has 1 aliphatic heterocycles. The summed E-state index contributed by atoms with van der Waals surface area (Å²) in [5.41, 5.74) is 0.452. The molecular weight excluding hydrogens is 230 g/mol. The van der Waals surface area contributed by atoms with Crippen LogP contribution in [0.5, 0.6) is 0 Å². The largest absolute Gasteiger partial charge is 0.308 e. The van der Waals surface area contributed by atoms with Gasteiger partial charge in [0.25, 0.3) is 0 Å². The predicted octanol–water partition coefficient (Wildman–Crippen LogP) is 2.50. The second-order valence-electron chi connectivity index (χ2n) is 5.86. The molecule has 1 saturated heterocycles. The maximum atomic E-state index is 4.41. The third-order valence-corrected chi connectivity index (χ3v) is 4.70. The highest BCUT2D eigenvalue weighted by Gasteiger charge is 2.39. The topological polar surface area (TPSA) is 28.2 Å². The van der Waals surface area contributed by atoms with Crippen molar-refractivity contribution in [2.75, 3.05) is 13.1 Å². The van der Waals surface area contributed by atoms with Gasteiger partial charge in [-0.1, -0.05) is 6.92 Å². The van der Waals surface area contributed by atoms with Crippen molar-refractivity contribution < 1.29 is 0 Å². The summed E-state index contributed by atoms with van der Waals surface area (Å²) in [6.07, 6.45) is 3.06. The lowest BCUT2D eigenvalue weighted by atomic mass is 9.88. The van der Waals surface area contributed by atoms with Crippen molar-refractivity contribution in [3.05, 3.63) is 16.6 Å². The maximum Gasteiger partial charge on any atom is 0.107 e. The zero-order valence-corrected chi connectivity index (χ0v) is 12.1. The molecule has 2 heterocycles. The zero-order chi connectivity index (χ0) is 12.5. The summed E-state index contributed by atoms with van der Waals surface area (Å²) in [5.74, 6) is 0. The molecule has 96 valence electrons. The van der Waals surface area contributed by atoms with E-state index in [-0.39, 0.29) is 11.1 Å². The molecule has 0 radical (unpaired) electrons. The van der Waals surface area contributed by atoms with Crippen molar-refractivity contribution in [1.29, 1.82) is 0 Å². The summed E-state index contributed by atoms with van der Waals surface area (Å²) in [5, 5.41) is 6.97. The number of nitrogens with one attached hydrogen (secondary N) is 1. The van der Waals surface area contributed by atoms with Gasteiger partial charge in [0, 0.05) is 35.7 Å². The second-order valence-corrected chi connectivity index (χ2v) is 6.84. The summed E-state index contributed by atoms with van der Waals surface area (Å²) >= 11 is 1.75. The predicted molar refractivity (Wildman–Crippen MR) is 73.3 cm³/mol. The van der Waals surface area contributed by atoms with E-state index in [9.17, 15) is 0 Å². The standard InChI is InChI=1S/C13H23N3S/c1-5-13(4)10-16(12(2,3)9-15-13)8-11-14-6-7-17-11/h6-7,15H,5,8-10H2,1-4H3. The summed E-state index contributed by atoms with van der Waals surface area (Å²) in [4.78, 5) is 6.97. The van der Waals surface area contributed by atoms with Crippen molar-refractivity contribution in [2.24, 2.45) is 0 Å². The van der Waals surface area contributed by atoms with Crippen LogP contribution < -0.4 is 5.32 Å². The van der Waals surface area contributed by atoms with Gasteiger partial charge in [-0.3, -0.25) is 4.90 Å². The van der Waals surface area contributed by atoms with Crippen molar-refractivity contribution in [3.63, 3.8) is 0 Å². The van der Waals surface area contributed by atoms with Gasteiger partial charge in [0.05, 0.1) is 6.54 Å². The number of aromatic nitrogens is 1. The zero-order valence-electron chi connectivity index (χ0n) is 11.3. The molecular formula is C13H23N3S. The lowest BCUT2D eigenvalue weighted by Gasteiger charge is -2.50. The van der Waals surface area contributed by atoms with E-state index >= 15 is 0 Å². The Morgan fingerprint density at radius 1 is 1.47 bits per heavy atom. The first-order valence-corrected chi connectivity index (χ1v) is 7.22. The minimum Gasteiger partial charge on any atom is -0.308 e.